The number of benzene rings is 1. The molecular formula is C23H37N5O6S. The van der Waals surface area contributed by atoms with E-state index in [2.05, 4.69) is 28.6 Å². The zero-order valence-electron chi connectivity index (χ0n) is 20.1. The molecule has 0 saturated carbocycles. The van der Waals surface area contributed by atoms with Crippen molar-refractivity contribution in [2.45, 2.75) is 63.7 Å². The molecule has 1 rings (SSSR count). The standard InChI is InChI=1S/C23H37N5O6S/c1-13(2)19(25)22(32)28-18(12-35)21(31)27-17(11-14-6-8-15(29)9-7-14)20(30)26-16(23(33)34)5-3-4-10-24/h6-9,13,16-19,29,35H,3-5,10-12,24-25H2,1-2H3,(H,26,30)(H,27,31)(H,28,32)(H,33,34). The van der Waals surface area contributed by atoms with E-state index in [1.165, 1.54) is 12.1 Å². The second-order valence-corrected chi connectivity index (χ2v) is 8.99. The summed E-state index contributed by atoms with van der Waals surface area (Å²) in [5.41, 5.74) is 11.9. The van der Waals surface area contributed by atoms with Crippen molar-refractivity contribution >= 4 is 36.3 Å². The fraction of sp³-hybridized carbons (Fsp3) is 0.565. The van der Waals surface area contributed by atoms with Crippen molar-refractivity contribution in [2.75, 3.05) is 12.3 Å². The lowest BCUT2D eigenvalue weighted by atomic mass is 10.0. The summed E-state index contributed by atoms with van der Waals surface area (Å²) in [7, 11) is 0. The molecule has 0 aliphatic carbocycles. The highest BCUT2D eigenvalue weighted by molar-refractivity contribution is 7.80. The van der Waals surface area contributed by atoms with Gasteiger partial charge < -0.3 is 37.6 Å². The zero-order valence-corrected chi connectivity index (χ0v) is 21.0. The Bertz CT molecular complexity index is 851. The lowest BCUT2D eigenvalue weighted by Gasteiger charge is -2.25. The molecule has 3 amide bonds. The number of carboxylic acid groups (broad SMARTS) is 1. The van der Waals surface area contributed by atoms with Gasteiger partial charge in [-0.05, 0) is 49.4 Å². The molecule has 0 aliphatic heterocycles. The highest BCUT2D eigenvalue weighted by Crippen LogP contribution is 2.12. The van der Waals surface area contributed by atoms with Gasteiger partial charge in [0.25, 0.3) is 0 Å². The van der Waals surface area contributed by atoms with Crippen molar-refractivity contribution in [3.63, 3.8) is 0 Å². The van der Waals surface area contributed by atoms with Gasteiger partial charge in [-0.1, -0.05) is 26.0 Å². The molecule has 11 nitrogen and oxygen atoms in total. The van der Waals surface area contributed by atoms with Gasteiger partial charge in [0.15, 0.2) is 0 Å². The fourth-order valence-corrected chi connectivity index (χ4v) is 3.39. The number of rotatable bonds is 15. The minimum atomic E-state index is -1.20. The van der Waals surface area contributed by atoms with Crippen LogP contribution in [0.15, 0.2) is 24.3 Å². The van der Waals surface area contributed by atoms with Crippen LogP contribution in [0.5, 0.6) is 5.75 Å². The first kappa shape index (κ1) is 30.2. The third kappa shape index (κ3) is 10.5. The van der Waals surface area contributed by atoms with Crippen molar-refractivity contribution < 1.29 is 29.4 Å². The number of carbonyl (C=O) groups excluding carboxylic acids is 3. The molecule has 1 aromatic carbocycles. The molecule has 0 aromatic heterocycles. The quantitative estimate of drug-likeness (QED) is 0.114. The van der Waals surface area contributed by atoms with Crippen LogP contribution in [0.2, 0.25) is 0 Å². The summed E-state index contributed by atoms with van der Waals surface area (Å²) in [5.74, 6) is -3.27. The first-order chi connectivity index (χ1) is 16.5. The summed E-state index contributed by atoms with van der Waals surface area (Å²) in [5, 5.41) is 26.6. The fourth-order valence-electron chi connectivity index (χ4n) is 3.14. The number of carboxylic acids is 1. The summed E-state index contributed by atoms with van der Waals surface area (Å²) in [6, 6.07) is 1.83. The maximum atomic E-state index is 13.0. The van der Waals surface area contributed by atoms with Crippen LogP contribution in [0.3, 0.4) is 0 Å². The van der Waals surface area contributed by atoms with Crippen LogP contribution in [0.25, 0.3) is 0 Å². The number of amides is 3. The Morgan fingerprint density at radius 1 is 0.914 bits per heavy atom. The van der Waals surface area contributed by atoms with Gasteiger partial charge in [0, 0.05) is 12.2 Å². The van der Waals surface area contributed by atoms with Gasteiger partial charge in [0.2, 0.25) is 17.7 Å². The summed E-state index contributed by atoms with van der Waals surface area (Å²) >= 11 is 4.13. The summed E-state index contributed by atoms with van der Waals surface area (Å²) < 4.78 is 0. The molecule has 1 aromatic rings. The number of phenols is 1. The zero-order chi connectivity index (χ0) is 26.5. The first-order valence-electron chi connectivity index (χ1n) is 11.5. The number of phenolic OH excluding ortho intramolecular Hbond substituents is 1. The van der Waals surface area contributed by atoms with E-state index >= 15 is 0 Å². The third-order valence-corrected chi connectivity index (χ3v) is 5.77. The Morgan fingerprint density at radius 2 is 1.46 bits per heavy atom. The SMILES string of the molecule is CC(C)C(N)C(=O)NC(CS)C(=O)NC(Cc1ccc(O)cc1)C(=O)NC(CCCCN)C(=O)O. The van der Waals surface area contributed by atoms with Crippen LogP contribution < -0.4 is 27.4 Å². The van der Waals surface area contributed by atoms with E-state index in [4.69, 9.17) is 11.5 Å². The summed E-state index contributed by atoms with van der Waals surface area (Å²) in [4.78, 5) is 49.9. The maximum absolute atomic E-state index is 13.0. The molecular weight excluding hydrogens is 474 g/mol. The maximum Gasteiger partial charge on any atom is 0.326 e. The van der Waals surface area contributed by atoms with Crippen LogP contribution in [0.1, 0.15) is 38.7 Å². The molecule has 9 N–H and O–H groups in total. The molecule has 12 heteroatoms. The number of nitrogens with two attached hydrogens (primary N) is 2. The van der Waals surface area contributed by atoms with Gasteiger partial charge in [0.1, 0.15) is 23.9 Å². The smallest absolute Gasteiger partial charge is 0.326 e. The summed E-state index contributed by atoms with van der Waals surface area (Å²) in [6.45, 7) is 3.94. The molecule has 0 spiro atoms. The van der Waals surface area contributed by atoms with Gasteiger partial charge in [0.05, 0.1) is 6.04 Å². The molecule has 0 heterocycles. The highest BCUT2D eigenvalue weighted by atomic mass is 32.1. The van der Waals surface area contributed by atoms with Crippen LogP contribution in [-0.2, 0) is 25.6 Å². The number of thiol groups is 1. The molecule has 4 unspecified atom stereocenters. The van der Waals surface area contributed by atoms with Crippen LogP contribution in [0.4, 0.5) is 0 Å². The van der Waals surface area contributed by atoms with Crippen molar-refractivity contribution in [3.05, 3.63) is 29.8 Å². The number of unbranched alkanes of at least 4 members (excludes halogenated alkanes) is 1. The Balaban J connectivity index is 3.04. The van der Waals surface area contributed by atoms with Crippen molar-refractivity contribution in [1.82, 2.24) is 16.0 Å². The van der Waals surface area contributed by atoms with Crippen LogP contribution >= 0.6 is 12.6 Å². The molecule has 0 bridgehead atoms. The average molecular weight is 512 g/mol. The number of aromatic hydroxyl groups is 1. The second-order valence-electron chi connectivity index (χ2n) is 8.63. The molecule has 35 heavy (non-hydrogen) atoms. The normalized spacial score (nSPS) is 14.5. The third-order valence-electron chi connectivity index (χ3n) is 5.41. The topological polar surface area (TPSA) is 197 Å². The van der Waals surface area contributed by atoms with Gasteiger partial charge in [-0.3, -0.25) is 14.4 Å². The van der Waals surface area contributed by atoms with Crippen LogP contribution in [0, 0.1) is 5.92 Å². The number of hydrogen-bond donors (Lipinski definition) is 8. The monoisotopic (exact) mass is 511 g/mol. The number of carbonyl (C=O) groups is 4. The largest absolute Gasteiger partial charge is 0.508 e. The van der Waals surface area contributed by atoms with E-state index < -0.39 is 47.9 Å². The van der Waals surface area contributed by atoms with Crippen molar-refractivity contribution in [1.29, 1.82) is 0 Å². The molecule has 0 fully saturated rings. The predicted octanol–water partition coefficient (Wildman–Crippen LogP) is -0.484. The highest BCUT2D eigenvalue weighted by Gasteiger charge is 2.30. The van der Waals surface area contributed by atoms with Gasteiger partial charge in [-0.25, -0.2) is 4.79 Å². The van der Waals surface area contributed by atoms with Gasteiger partial charge >= 0.3 is 5.97 Å². The van der Waals surface area contributed by atoms with Gasteiger partial charge in [-0.2, -0.15) is 12.6 Å². The Morgan fingerprint density at radius 3 is 1.97 bits per heavy atom. The molecule has 4 atom stereocenters. The molecule has 0 radical (unpaired) electrons. The van der Waals surface area contributed by atoms with E-state index in [0.29, 0.717) is 24.9 Å². The van der Waals surface area contributed by atoms with Crippen molar-refractivity contribution in [2.24, 2.45) is 17.4 Å². The number of aliphatic carboxylic acids is 1. The van der Waals surface area contributed by atoms with E-state index in [0.717, 1.165) is 0 Å². The van der Waals surface area contributed by atoms with Crippen molar-refractivity contribution in [3.8, 4) is 5.75 Å². The lowest BCUT2D eigenvalue weighted by Crippen LogP contribution is -2.58. The number of nitrogens with one attached hydrogen (secondary N) is 3. The Kier molecular flexibility index (Phi) is 13.1. The summed E-state index contributed by atoms with van der Waals surface area (Å²) in [6.07, 6.45) is 1.31. The van der Waals surface area contributed by atoms with E-state index in [-0.39, 0.29) is 30.3 Å². The lowest BCUT2D eigenvalue weighted by molar-refractivity contribution is -0.142. The molecule has 0 saturated heterocycles. The van der Waals surface area contributed by atoms with E-state index in [1.54, 1.807) is 26.0 Å². The van der Waals surface area contributed by atoms with Crippen LogP contribution in [-0.4, -0.2) is 70.4 Å². The molecule has 196 valence electrons. The minimum absolute atomic E-state index is 0.0196. The molecule has 0 aliphatic rings. The predicted molar refractivity (Wildman–Crippen MR) is 135 cm³/mol. The second kappa shape index (κ2) is 15.2. The minimum Gasteiger partial charge on any atom is -0.508 e. The Labute approximate surface area is 210 Å². The average Bonchev–Trinajstić information content (AvgIpc) is 2.81. The Hall–Kier alpha value is -2.83. The van der Waals surface area contributed by atoms with Gasteiger partial charge in [-0.15, -0.1) is 0 Å². The van der Waals surface area contributed by atoms with E-state index in [9.17, 15) is 29.4 Å². The number of hydrogen-bond acceptors (Lipinski definition) is 8. The first-order valence-corrected chi connectivity index (χ1v) is 12.1. The van der Waals surface area contributed by atoms with E-state index in [1.807, 2.05) is 0 Å².